The molecule has 1 atom stereocenters. The SMILES string of the molecule is CC(C)OCCN(CC1CCCN1)C(C)C. The molecule has 0 aromatic heterocycles. The first-order valence-corrected chi connectivity index (χ1v) is 6.68. The Morgan fingerprint density at radius 2 is 2.06 bits per heavy atom. The first-order chi connectivity index (χ1) is 7.59. The van der Waals surface area contributed by atoms with Crippen LogP contribution in [0.5, 0.6) is 0 Å². The zero-order valence-electron chi connectivity index (χ0n) is 11.3. The Morgan fingerprint density at radius 1 is 1.31 bits per heavy atom. The molecule has 1 saturated heterocycles. The second kappa shape index (κ2) is 7.25. The van der Waals surface area contributed by atoms with E-state index in [0.717, 1.165) is 13.2 Å². The van der Waals surface area contributed by atoms with Gasteiger partial charge in [0.15, 0.2) is 0 Å². The summed E-state index contributed by atoms with van der Waals surface area (Å²) in [6.07, 6.45) is 3.01. The topological polar surface area (TPSA) is 24.5 Å². The van der Waals surface area contributed by atoms with E-state index in [2.05, 4.69) is 37.9 Å². The third kappa shape index (κ3) is 5.28. The average Bonchev–Trinajstić information content (AvgIpc) is 2.68. The standard InChI is InChI=1S/C13H28N2O/c1-11(2)15(8-9-16-12(3)4)10-13-6-5-7-14-13/h11-14H,5-10H2,1-4H3. The predicted molar refractivity (Wildman–Crippen MR) is 68.8 cm³/mol. The Hall–Kier alpha value is -0.120. The summed E-state index contributed by atoms with van der Waals surface area (Å²) < 4.78 is 5.62. The van der Waals surface area contributed by atoms with Gasteiger partial charge in [-0.15, -0.1) is 0 Å². The molecule has 0 aliphatic carbocycles. The van der Waals surface area contributed by atoms with Crippen molar-refractivity contribution in [2.24, 2.45) is 0 Å². The van der Waals surface area contributed by atoms with Gasteiger partial charge in [-0.1, -0.05) is 0 Å². The van der Waals surface area contributed by atoms with Crippen LogP contribution < -0.4 is 5.32 Å². The zero-order valence-corrected chi connectivity index (χ0v) is 11.3. The fourth-order valence-corrected chi connectivity index (χ4v) is 2.16. The van der Waals surface area contributed by atoms with Gasteiger partial charge < -0.3 is 10.1 Å². The quantitative estimate of drug-likeness (QED) is 0.720. The highest BCUT2D eigenvalue weighted by molar-refractivity contribution is 4.79. The Bertz CT molecular complexity index is 177. The molecule has 1 aliphatic rings. The second-order valence-corrected chi connectivity index (χ2v) is 5.30. The highest BCUT2D eigenvalue weighted by Crippen LogP contribution is 2.09. The maximum absolute atomic E-state index is 5.62. The molecule has 0 spiro atoms. The lowest BCUT2D eigenvalue weighted by atomic mass is 10.2. The van der Waals surface area contributed by atoms with Crippen molar-refractivity contribution in [3.63, 3.8) is 0 Å². The normalized spacial score (nSPS) is 21.6. The van der Waals surface area contributed by atoms with Crippen LogP contribution in [-0.2, 0) is 4.74 Å². The van der Waals surface area contributed by atoms with Crippen molar-refractivity contribution in [1.82, 2.24) is 10.2 Å². The fourth-order valence-electron chi connectivity index (χ4n) is 2.16. The largest absolute Gasteiger partial charge is 0.377 e. The molecular weight excluding hydrogens is 200 g/mol. The van der Waals surface area contributed by atoms with Crippen LogP contribution in [0, 0.1) is 0 Å². The van der Waals surface area contributed by atoms with Gasteiger partial charge in [0.25, 0.3) is 0 Å². The number of ether oxygens (including phenoxy) is 1. The molecule has 0 radical (unpaired) electrons. The molecule has 1 N–H and O–H groups in total. The van der Waals surface area contributed by atoms with E-state index in [9.17, 15) is 0 Å². The van der Waals surface area contributed by atoms with Crippen molar-refractivity contribution < 1.29 is 4.74 Å². The number of hydrogen-bond acceptors (Lipinski definition) is 3. The first kappa shape index (κ1) is 13.9. The minimum atomic E-state index is 0.346. The van der Waals surface area contributed by atoms with E-state index < -0.39 is 0 Å². The van der Waals surface area contributed by atoms with E-state index in [1.807, 2.05) is 0 Å². The number of nitrogens with one attached hydrogen (secondary N) is 1. The summed E-state index contributed by atoms with van der Waals surface area (Å²) in [6.45, 7) is 13.0. The molecule has 3 heteroatoms. The van der Waals surface area contributed by atoms with Gasteiger partial charge in [-0.25, -0.2) is 0 Å². The third-order valence-electron chi connectivity index (χ3n) is 3.18. The van der Waals surface area contributed by atoms with Gasteiger partial charge in [0, 0.05) is 25.2 Å². The van der Waals surface area contributed by atoms with Crippen LogP contribution in [-0.4, -0.2) is 49.3 Å². The second-order valence-electron chi connectivity index (χ2n) is 5.30. The zero-order chi connectivity index (χ0) is 12.0. The summed E-state index contributed by atoms with van der Waals surface area (Å²) in [6, 6.07) is 1.31. The molecule has 0 aromatic carbocycles. The number of rotatable bonds is 7. The lowest BCUT2D eigenvalue weighted by Crippen LogP contribution is -2.43. The van der Waals surface area contributed by atoms with Crippen molar-refractivity contribution in [2.75, 3.05) is 26.2 Å². The lowest BCUT2D eigenvalue weighted by molar-refractivity contribution is 0.0502. The van der Waals surface area contributed by atoms with E-state index in [4.69, 9.17) is 4.74 Å². The smallest absolute Gasteiger partial charge is 0.0597 e. The van der Waals surface area contributed by atoms with Crippen molar-refractivity contribution in [1.29, 1.82) is 0 Å². The number of nitrogens with zero attached hydrogens (tertiary/aromatic N) is 1. The molecular formula is C13H28N2O. The molecule has 1 aliphatic heterocycles. The van der Waals surface area contributed by atoms with E-state index in [-0.39, 0.29) is 0 Å². The molecule has 1 rings (SSSR count). The van der Waals surface area contributed by atoms with Crippen molar-refractivity contribution in [3.8, 4) is 0 Å². The maximum Gasteiger partial charge on any atom is 0.0597 e. The highest BCUT2D eigenvalue weighted by atomic mass is 16.5. The summed E-state index contributed by atoms with van der Waals surface area (Å²) in [5.74, 6) is 0. The van der Waals surface area contributed by atoms with Crippen LogP contribution >= 0.6 is 0 Å². The van der Waals surface area contributed by atoms with Gasteiger partial charge >= 0.3 is 0 Å². The Labute approximate surface area is 101 Å². The number of hydrogen-bond donors (Lipinski definition) is 1. The molecule has 3 nitrogen and oxygen atoms in total. The van der Waals surface area contributed by atoms with Gasteiger partial charge in [-0.05, 0) is 47.1 Å². The van der Waals surface area contributed by atoms with Gasteiger partial charge in [0.05, 0.1) is 12.7 Å². The summed E-state index contributed by atoms with van der Waals surface area (Å²) >= 11 is 0. The van der Waals surface area contributed by atoms with Crippen molar-refractivity contribution >= 4 is 0 Å². The summed E-state index contributed by atoms with van der Waals surface area (Å²) in [5.41, 5.74) is 0. The van der Waals surface area contributed by atoms with E-state index in [1.54, 1.807) is 0 Å². The average molecular weight is 228 g/mol. The predicted octanol–water partition coefficient (Wildman–Crippen LogP) is 1.87. The summed E-state index contributed by atoms with van der Waals surface area (Å²) in [4.78, 5) is 2.52. The molecule has 1 heterocycles. The van der Waals surface area contributed by atoms with Crippen molar-refractivity contribution in [2.45, 2.75) is 58.7 Å². The molecule has 0 aromatic rings. The Kier molecular flexibility index (Phi) is 6.32. The molecule has 16 heavy (non-hydrogen) atoms. The molecule has 1 fully saturated rings. The van der Waals surface area contributed by atoms with Crippen LogP contribution in [0.1, 0.15) is 40.5 Å². The van der Waals surface area contributed by atoms with Gasteiger partial charge in [0.1, 0.15) is 0 Å². The van der Waals surface area contributed by atoms with Crippen LogP contribution in [0.4, 0.5) is 0 Å². The third-order valence-corrected chi connectivity index (χ3v) is 3.18. The minimum absolute atomic E-state index is 0.346. The molecule has 0 amide bonds. The van der Waals surface area contributed by atoms with Gasteiger partial charge in [0.2, 0.25) is 0 Å². The van der Waals surface area contributed by atoms with Crippen molar-refractivity contribution in [3.05, 3.63) is 0 Å². The minimum Gasteiger partial charge on any atom is -0.377 e. The van der Waals surface area contributed by atoms with E-state index in [0.29, 0.717) is 18.2 Å². The van der Waals surface area contributed by atoms with Gasteiger partial charge in [-0.2, -0.15) is 0 Å². The van der Waals surface area contributed by atoms with Crippen LogP contribution in [0.15, 0.2) is 0 Å². The maximum atomic E-state index is 5.62. The molecule has 96 valence electrons. The van der Waals surface area contributed by atoms with Crippen LogP contribution in [0.3, 0.4) is 0 Å². The van der Waals surface area contributed by atoms with E-state index in [1.165, 1.54) is 25.9 Å². The monoisotopic (exact) mass is 228 g/mol. The van der Waals surface area contributed by atoms with Crippen LogP contribution in [0.25, 0.3) is 0 Å². The Morgan fingerprint density at radius 3 is 2.56 bits per heavy atom. The molecule has 0 bridgehead atoms. The lowest BCUT2D eigenvalue weighted by Gasteiger charge is -2.29. The molecule has 1 unspecified atom stereocenters. The van der Waals surface area contributed by atoms with E-state index >= 15 is 0 Å². The summed E-state index contributed by atoms with van der Waals surface area (Å²) in [5, 5.41) is 3.56. The Balaban J connectivity index is 2.23. The van der Waals surface area contributed by atoms with Gasteiger partial charge in [-0.3, -0.25) is 4.90 Å². The summed E-state index contributed by atoms with van der Waals surface area (Å²) in [7, 11) is 0. The highest BCUT2D eigenvalue weighted by Gasteiger charge is 2.19. The van der Waals surface area contributed by atoms with Crippen LogP contribution in [0.2, 0.25) is 0 Å². The molecule has 0 saturated carbocycles. The first-order valence-electron chi connectivity index (χ1n) is 6.68. The fraction of sp³-hybridized carbons (Fsp3) is 1.00.